The third kappa shape index (κ3) is 1.96. The largest absolute Gasteiger partial charge is 0.492 e. The first-order chi connectivity index (χ1) is 6.07. The summed E-state index contributed by atoms with van der Waals surface area (Å²) in [6.45, 7) is 0. The third-order valence-electron chi connectivity index (χ3n) is 1.52. The van der Waals surface area contributed by atoms with Crippen LogP contribution in [0.4, 0.5) is 13.2 Å². The minimum absolute atomic E-state index is 0.196. The highest BCUT2D eigenvalue weighted by atomic mass is 79.9. The van der Waals surface area contributed by atoms with Crippen LogP contribution in [0.25, 0.3) is 0 Å². The molecule has 0 saturated heterocycles. The molecule has 1 aromatic rings. The second-order valence-electron chi connectivity index (χ2n) is 2.28. The SMILES string of the molecule is COc1c(Br)ccc(C(F)F)c1F. The molecule has 0 radical (unpaired) electrons. The lowest BCUT2D eigenvalue weighted by atomic mass is 10.2. The summed E-state index contributed by atoms with van der Waals surface area (Å²) in [6, 6.07) is 2.34. The molecule has 0 N–H and O–H groups in total. The van der Waals surface area contributed by atoms with Crippen LogP contribution in [-0.4, -0.2) is 7.11 Å². The first-order valence-corrected chi connectivity index (χ1v) is 4.17. The van der Waals surface area contributed by atoms with Gasteiger partial charge in [-0.25, -0.2) is 13.2 Å². The van der Waals surface area contributed by atoms with Gasteiger partial charge < -0.3 is 4.74 Å². The predicted octanol–water partition coefficient (Wildman–Crippen LogP) is 3.53. The number of hydrogen-bond donors (Lipinski definition) is 0. The van der Waals surface area contributed by atoms with Crippen molar-refractivity contribution in [2.75, 3.05) is 7.11 Å². The van der Waals surface area contributed by atoms with E-state index in [1.54, 1.807) is 0 Å². The van der Waals surface area contributed by atoms with Crippen LogP contribution < -0.4 is 4.74 Å². The molecule has 0 aliphatic carbocycles. The van der Waals surface area contributed by atoms with E-state index in [0.717, 1.165) is 6.07 Å². The molecule has 0 atom stereocenters. The molecule has 72 valence electrons. The first-order valence-electron chi connectivity index (χ1n) is 3.38. The van der Waals surface area contributed by atoms with Crippen LogP contribution in [0.2, 0.25) is 0 Å². The highest BCUT2D eigenvalue weighted by Crippen LogP contribution is 2.33. The van der Waals surface area contributed by atoms with Crippen LogP contribution in [0, 0.1) is 5.82 Å². The quantitative estimate of drug-likeness (QED) is 0.785. The standard InChI is InChI=1S/C8H6BrF3O/c1-13-7-5(9)3-2-4(6(7)10)8(11)12/h2-3,8H,1H3. The normalized spacial score (nSPS) is 10.6. The van der Waals surface area contributed by atoms with E-state index in [-0.39, 0.29) is 5.75 Å². The molecule has 0 amide bonds. The Morgan fingerprint density at radius 3 is 2.46 bits per heavy atom. The molecule has 0 unspecified atom stereocenters. The monoisotopic (exact) mass is 254 g/mol. The van der Waals surface area contributed by atoms with Gasteiger partial charge in [-0.2, -0.15) is 0 Å². The van der Waals surface area contributed by atoms with Crippen molar-refractivity contribution in [2.24, 2.45) is 0 Å². The summed E-state index contributed by atoms with van der Waals surface area (Å²) < 4.78 is 42.4. The number of halogens is 4. The van der Waals surface area contributed by atoms with Crippen molar-refractivity contribution >= 4 is 15.9 Å². The lowest BCUT2D eigenvalue weighted by Gasteiger charge is -2.08. The molecule has 0 aliphatic heterocycles. The molecule has 0 aliphatic rings. The topological polar surface area (TPSA) is 9.23 Å². The fourth-order valence-corrected chi connectivity index (χ4v) is 1.37. The van der Waals surface area contributed by atoms with Crippen LogP contribution in [0.1, 0.15) is 12.0 Å². The Morgan fingerprint density at radius 1 is 1.38 bits per heavy atom. The second kappa shape index (κ2) is 4.00. The highest BCUT2D eigenvalue weighted by Gasteiger charge is 2.18. The summed E-state index contributed by atoms with van der Waals surface area (Å²) in [5.41, 5.74) is -0.653. The predicted molar refractivity (Wildman–Crippen MR) is 45.6 cm³/mol. The Morgan fingerprint density at radius 2 is 2.00 bits per heavy atom. The molecule has 1 aromatic carbocycles. The maximum Gasteiger partial charge on any atom is 0.266 e. The van der Waals surface area contributed by atoms with Crippen LogP contribution in [-0.2, 0) is 0 Å². The van der Waals surface area contributed by atoms with Crippen molar-refractivity contribution < 1.29 is 17.9 Å². The molecule has 1 rings (SSSR count). The van der Waals surface area contributed by atoms with Gasteiger partial charge in [0.2, 0.25) is 0 Å². The zero-order valence-electron chi connectivity index (χ0n) is 6.65. The van der Waals surface area contributed by atoms with Crippen molar-refractivity contribution in [1.82, 2.24) is 0 Å². The molecular weight excluding hydrogens is 249 g/mol. The smallest absolute Gasteiger partial charge is 0.266 e. The minimum Gasteiger partial charge on any atom is -0.492 e. The van der Waals surface area contributed by atoms with Gasteiger partial charge in [-0.05, 0) is 28.1 Å². The molecule has 0 bridgehead atoms. The lowest BCUT2D eigenvalue weighted by molar-refractivity contribution is 0.145. The summed E-state index contributed by atoms with van der Waals surface area (Å²) >= 11 is 2.98. The van der Waals surface area contributed by atoms with E-state index >= 15 is 0 Å². The van der Waals surface area contributed by atoms with Gasteiger partial charge in [0.25, 0.3) is 6.43 Å². The molecule has 0 heterocycles. The van der Waals surface area contributed by atoms with Crippen LogP contribution in [0.5, 0.6) is 5.75 Å². The molecule has 5 heteroatoms. The number of benzene rings is 1. The molecule has 0 spiro atoms. The summed E-state index contributed by atoms with van der Waals surface area (Å²) in [5.74, 6) is -1.22. The van der Waals surface area contributed by atoms with Gasteiger partial charge in [0.05, 0.1) is 17.1 Å². The van der Waals surface area contributed by atoms with E-state index in [1.807, 2.05) is 0 Å². The Kier molecular flexibility index (Phi) is 3.19. The van der Waals surface area contributed by atoms with E-state index in [4.69, 9.17) is 0 Å². The van der Waals surface area contributed by atoms with E-state index in [0.29, 0.717) is 4.47 Å². The number of methoxy groups -OCH3 is 1. The van der Waals surface area contributed by atoms with Crippen molar-refractivity contribution in [1.29, 1.82) is 0 Å². The van der Waals surface area contributed by atoms with Crippen molar-refractivity contribution in [3.05, 3.63) is 28.0 Å². The Bertz CT molecular complexity index is 315. The van der Waals surface area contributed by atoms with Crippen molar-refractivity contribution in [3.8, 4) is 5.75 Å². The lowest BCUT2D eigenvalue weighted by Crippen LogP contribution is -1.96. The number of alkyl halides is 2. The third-order valence-corrected chi connectivity index (χ3v) is 2.14. The van der Waals surface area contributed by atoms with Gasteiger partial charge in [0.15, 0.2) is 11.6 Å². The number of ether oxygens (including phenoxy) is 1. The van der Waals surface area contributed by atoms with E-state index in [2.05, 4.69) is 20.7 Å². The molecule has 0 fully saturated rings. The van der Waals surface area contributed by atoms with Gasteiger partial charge >= 0.3 is 0 Å². The maximum absolute atomic E-state index is 13.1. The average Bonchev–Trinajstić information content (AvgIpc) is 2.04. The summed E-state index contributed by atoms with van der Waals surface area (Å²) in [7, 11) is 1.22. The van der Waals surface area contributed by atoms with E-state index in [1.165, 1.54) is 13.2 Å². The fraction of sp³-hybridized carbons (Fsp3) is 0.250. The summed E-state index contributed by atoms with van der Waals surface area (Å²) in [5, 5.41) is 0. The minimum atomic E-state index is -2.83. The van der Waals surface area contributed by atoms with E-state index in [9.17, 15) is 13.2 Å². The summed E-state index contributed by atoms with van der Waals surface area (Å²) in [4.78, 5) is 0. The van der Waals surface area contributed by atoms with Crippen LogP contribution in [0.15, 0.2) is 16.6 Å². The van der Waals surface area contributed by atoms with Gasteiger partial charge in [-0.3, -0.25) is 0 Å². The average molecular weight is 255 g/mol. The molecule has 1 nitrogen and oxygen atoms in total. The Hall–Kier alpha value is -0.710. The Labute approximate surface area is 81.6 Å². The zero-order chi connectivity index (χ0) is 10.0. The van der Waals surface area contributed by atoms with Gasteiger partial charge in [0.1, 0.15) is 0 Å². The molecule has 0 saturated carbocycles. The van der Waals surface area contributed by atoms with Crippen LogP contribution in [0.3, 0.4) is 0 Å². The van der Waals surface area contributed by atoms with Crippen molar-refractivity contribution in [3.63, 3.8) is 0 Å². The molecule has 13 heavy (non-hydrogen) atoms. The Balaban J connectivity index is 3.27. The van der Waals surface area contributed by atoms with Crippen molar-refractivity contribution in [2.45, 2.75) is 6.43 Å². The summed E-state index contributed by atoms with van der Waals surface area (Å²) in [6.07, 6.45) is -2.83. The van der Waals surface area contributed by atoms with E-state index < -0.39 is 17.8 Å². The van der Waals surface area contributed by atoms with Gasteiger partial charge in [-0.1, -0.05) is 0 Å². The number of rotatable bonds is 2. The fourth-order valence-electron chi connectivity index (χ4n) is 0.903. The zero-order valence-corrected chi connectivity index (χ0v) is 8.24. The highest BCUT2D eigenvalue weighted by molar-refractivity contribution is 9.10. The molecule has 0 aromatic heterocycles. The molecular formula is C8H6BrF3O. The number of hydrogen-bond acceptors (Lipinski definition) is 1. The first kappa shape index (κ1) is 10.4. The van der Waals surface area contributed by atoms with Gasteiger partial charge in [0, 0.05) is 0 Å². The van der Waals surface area contributed by atoms with Gasteiger partial charge in [-0.15, -0.1) is 0 Å². The second-order valence-corrected chi connectivity index (χ2v) is 3.14. The van der Waals surface area contributed by atoms with Crippen LogP contribution >= 0.6 is 15.9 Å². The maximum atomic E-state index is 13.1.